The van der Waals surface area contributed by atoms with Gasteiger partial charge in [-0.25, -0.2) is 0 Å². The fourth-order valence-electron chi connectivity index (χ4n) is 4.20. The molecule has 2 N–H and O–H groups in total. The Hall–Kier alpha value is -1.34. The molecule has 0 radical (unpaired) electrons. The van der Waals surface area contributed by atoms with Gasteiger partial charge in [-0.1, -0.05) is 12.5 Å². The summed E-state index contributed by atoms with van der Waals surface area (Å²) in [6.45, 7) is 6.29. The zero-order chi connectivity index (χ0) is 19.8. The normalized spacial score (nSPS) is 20.8. The van der Waals surface area contributed by atoms with Crippen molar-refractivity contribution in [2.45, 2.75) is 44.8 Å². The van der Waals surface area contributed by atoms with Crippen LogP contribution in [0.1, 0.15) is 37.7 Å². The van der Waals surface area contributed by atoms with Gasteiger partial charge in [-0.2, -0.15) is 0 Å². The summed E-state index contributed by atoms with van der Waals surface area (Å²) in [5.74, 6) is 1.85. The van der Waals surface area contributed by atoms with Crippen molar-refractivity contribution in [2.24, 2.45) is 5.92 Å². The number of methoxy groups -OCH3 is 1. The molecule has 28 heavy (non-hydrogen) atoms. The third kappa shape index (κ3) is 6.34. The topological polar surface area (TPSA) is 65.4 Å². The van der Waals surface area contributed by atoms with Gasteiger partial charge in [0.1, 0.15) is 12.7 Å². The Morgan fingerprint density at radius 3 is 2.46 bits per heavy atom. The highest BCUT2D eigenvalue weighted by molar-refractivity contribution is 5.43. The Morgan fingerprint density at radius 2 is 1.79 bits per heavy atom. The predicted molar refractivity (Wildman–Crippen MR) is 110 cm³/mol. The van der Waals surface area contributed by atoms with E-state index in [0.717, 1.165) is 45.6 Å². The molecule has 0 unspecified atom stereocenters. The van der Waals surface area contributed by atoms with Crippen LogP contribution in [0, 0.1) is 5.92 Å². The second-order valence-electron chi connectivity index (χ2n) is 8.21. The first-order chi connectivity index (χ1) is 13.7. The Kier molecular flexibility index (Phi) is 8.40. The average molecular weight is 393 g/mol. The third-order valence-corrected chi connectivity index (χ3v) is 5.95. The van der Waals surface area contributed by atoms with Crippen LogP contribution in [0.5, 0.6) is 11.5 Å². The summed E-state index contributed by atoms with van der Waals surface area (Å²) in [5.41, 5.74) is 1.18. The molecule has 0 bridgehead atoms. The number of hydrogen-bond acceptors (Lipinski definition) is 6. The van der Waals surface area contributed by atoms with Crippen molar-refractivity contribution in [3.05, 3.63) is 23.8 Å². The Morgan fingerprint density at radius 1 is 1.04 bits per heavy atom. The molecular formula is C22H36N2O4. The Balaban J connectivity index is 1.52. The van der Waals surface area contributed by atoms with E-state index in [-0.39, 0.29) is 6.61 Å². The van der Waals surface area contributed by atoms with E-state index in [9.17, 15) is 10.2 Å². The summed E-state index contributed by atoms with van der Waals surface area (Å²) in [6.07, 6.45) is 5.35. The molecule has 0 aromatic heterocycles. The quantitative estimate of drug-likeness (QED) is 0.671. The van der Waals surface area contributed by atoms with E-state index in [1.807, 2.05) is 12.1 Å². The zero-order valence-corrected chi connectivity index (χ0v) is 17.2. The summed E-state index contributed by atoms with van der Waals surface area (Å²) >= 11 is 0. The van der Waals surface area contributed by atoms with Gasteiger partial charge in [-0.15, -0.1) is 0 Å². The van der Waals surface area contributed by atoms with E-state index in [2.05, 4.69) is 15.9 Å². The molecule has 0 amide bonds. The molecule has 158 valence electrons. The van der Waals surface area contributed by atoms with E-state index in [0.29, 0.717) is 30.6 Å². The molecule has 1 atom stereocenters. The van der Waals surface area contributed by atoms with Crippen LogP contribution in [-0.4, -0.2) is 79.2 Å². The van der Waals surface area contributed by atoms with Crippen LogP contribution < -0.4 is 9.47 Å². The number of aliphatic hydroxyl groups excluding tert-OH is 2. The lowest BCUT2D eigenvalue weighted by atomic mass is 9.97. The minimum absolute atomic E-state index is 0.276. The van der Waals surface area contributed by atoms with E-state index in [1.54, 1.807) is 7.11 Å². The first kappa shape index (κ1) is 21.4. The summed E-state index contributed by atoms with van der Waals surface area (Å²) in [6, 6.07) is 6.06. The van der Waals surface area contributed by atoms with Gasteiger partial charge in [0.2, 0.25) is 0 Å². The van der Waals surface area contributed by atoms with Crippen LogP contribution in [0.4, 0.5) is 0 Å². The van der Waals surface area contributed by atoms with Crippen molar-refractivity contribution in [1.82, 2.24) is 9.80 Å². The van der Waals surface area contributed by atoms with E-state index < -0.39 is 6.10 Å². The number of likely N-dealkylation sites (tertiary alicyclic amines) is 2. The molecule has 1 aromatic rings. The van der Waals surface area contributed by atoms with Crippen molar-refractivity contribution in [2.75, 3.05) is 53.0 Å². The maximum absolute atomic E-state index is 10.4. The smallest absolute Gasteiger partial charge is 0.161 e. The highest BCUT2D eigenvalue weighted by atomic mass is 16.5. The Bertz CT molecular complexity index is 584. The van der Waals surface area contributed by atoms with Gasteiger partial charge in [-0.3, -0.25) is 4.90 Å². The molecule has 2 aliphatic rings. The Labute approximate surface area is 169 Å². The van der Waals surface area contributed by atoms with E-state index in [4.69, 9.17) is 9.47 Å². The summed E-state index contributed by atoms with van der Waals surface area (Å²) in [7, 11) is 1.64. The lowest BCUT2D eigenvalue weighted by Gasteiger charge is -2.31. The molecular weight excluding hydrogens is 356 g/mol. The summed E-state index contributed by atoms with van der Waals surface area (Å²) in [4.78, 5) is 4.74. The van der Waals surface area contributed by atoms with Gasteiger partial charge < -0.3 is 24.6 Å². The van der Waals surface area contributed by atoms with Gasteiger partial charge in [0.15, 0.2) is 11.5 Å². The minimum atomic E-state index is -0.496. The molecule has 2 aliphatic heterocycles. The van der Waals surface area contributed by atoms with Crippen LogP contribution in [0.3, 0.4) is 0 Å². The van der Waals surface area contributed by atoms with Crippen LogP contribution in [0.2, 0.25) is 0 Å². The number of hydrogen-bond donors (Lipinski definition) is 2. The van der Waals surface area contributed by atoms with Crippen molar-refractivity contribution in [1.29, 1.82) is 0 Å². The molecule has 0 saturated carbocycles. The summed E-state index contributed by atoms with van der Waals surface area (Å²) < 4.78 is 11.4. The van der Waals surface area contributed by atoms with Crippen LogP contribution in [0.25, 0.3) is 0 Å². The lowest BCUT2D eigenvalue weighted by molar-refractivity contribution is 0.0607. The summed E-state index contributed by atoms with van der Waals surface area (Å²) in [5, 5.41) is 19.7. The van der Waals surface area contributed by atoms with Crippen LogP contribution >= 0.6 is 0 Å². The van der Waals surface area contributed by atoms with E-state index >= 15 is 0 Å². The largest absolute Gasteiger partial charge is 0.493 e. The maximum Gasteiger partial charge on any atom is 0.161 e. The van der Waals surface area contributed by atoms with Gasteiger partial charge in [0.25, 0.3) is 0 Å². The first-order valence-corrected chi connectivity index (χ1v) is 10.7. The highest BCUT2D eigenvalue weighted by Crippen LogP contribution is 2.29. The SMILES string of the molecule is COc1ccc(CN2CCC(CO)CC2)cc1OC[C@@H](O)CN1CCCCC1. The number of piperidine rings is 2. The van der Waals surface area contributed by atoms with Gasteiger partial charge >= 0.3 is 0 Å². The van der Waals surface area contributed by atoms with Crippen molar-refractivity contribution in [3.63, 3.8) is 0 Å². The highest BCUT2D eigenvalue weighted by Gasteiger charge is 2.19. The van der Waals surface area contributed by atoms with Gasteiger partial charge in [0, 0.05) is 19.7 Å². The van der Waals surface area contributed by atoms with Gasteiger partial charge in [0.05, 0.1) is 7.11 Å². The molecule has 6 nitrogen and oxygen atoms in total. The van der Waals surface area contributed by atoms with Crippen molar-refractivity contribution >= 4 is 0 Å². The number of ether oxygens (including phenoxy) is 2. The average Bonchev–Trinajstić information content (AvgIpc) is 2.73. The molecule has 0 aliphatic carbocycles. The zero-order valence-electron chi connectivity index (χ0n) is 17.2. The number of nitrogens with zero attached hydrogens (tertiary/aromatic N) is 2. The first-order valence-electron chi connectivity index (χ1n) is 10.7. The standard InChI is InChI=1S/C22H36N2O4/c1-27-21-6-5-19(14-24-11-7-18(16-25)8-12-24)13-22(21)28-17-20(26)15-23-9-3-2-4-10-23/h5-6,13,18,20,25-26H,2-4,7-12,14-17H2,1H3/t20-/m0/s1. The number of benzene rings is 1. The molecule has 6 heteroatoms. The van der Waals surface area contributed by atoms with E-state index in [1.165, 1.54) is 24.8 Å². The molecule has 2 saturated heterocycles. The van der Waals surface area contributed by atoms with Crippen molar-refractivity contribution in [3.8, 4) is 11.5 Å². The predicted octanol–water partition coefficient (Wildman–Crippen LogP) is 2.13. The van der Waals surface area contributed by atoms with Gasteiger partial charge in [-0.05, 0) is 75.5 Å². The molecule has 2 heterocycles. The minimum Gasteiger partial charge on any atom is -0.493 e. The third-order valence-electron chi connectivity index (χ3n) is 5.95. The van der Waals surface area contributed by atoms with Crippen molar-refractivity contribution < 1.29 is 19.7 Å². The molecule has 1 aromatic carbocycles. The van der Waals surface area contributed by atoms with Crippen LogP contribution in [-0.2, 0) is 6.54 Å². The number of β-amino-alcohol motifs (C(OH)–C–C–N with tert-alkyl or cyclic N) is 1. The fourth-order valence-corrected chi connectivity index (χ4v) is 4.20. The second kappa shape index (κ2) is 11.0. The maximum atomic E-state index is 10.4. The van der Waals surface area contributed by atoms with Crippen LogP contribution in [0.15, 0.2) is 18.2 Å². The molecule has 0 spiro atoms. The second-order valence-corrected chi connectivity index (χ2v) is 8.21. The fraction of sp³-hybridized carbons (Fsp3) is 0.727. The number of aliphatic hydroxyl groups is 2. The monoisotopic (exact) mass is 392 g/mol. The molecule has 2 fully saturated rings. The number of rotatable bonds is 9. The lowest BCUT2D eigenvalue weighted by Crippen LogP contribution is -2.38. The molecule has 3 rings (SSSR count).